The van der Waals surface area contributed by atoms with Crippen LogP contribution in [0.1, 0.15) is 37.0 Å². The predicted molar refractivity (Wildman–Crippen MR) is 82.8 cm³/mol. The van der Waals surface area contributed by atoms with E-state index < -0.39 is 5.79 Å². The van der Waals surface area contributed by atoms with E-state index in [1.54, 1.807) is 12.4 Å². The van der Waals surface area contributed by atoms with Crippen molar-refractivity contribution in [2.45, 2.75) is 38.5 Å². The van der Waals surface area contributed by atoms with Crippen molar-refractivity contribution in [1.29, 1.82) is 0 Å². The summed E-state index contributed by atoms with van der Waals surface area (Å²) in [6.07, 6.45) is 4.83. The highest BCUT2D eigenvalue weighted by molar-refractivity contribution is 5.94. The fraction of sp³-hybridized carbons (Fsp3) is 0.625. The molecule has 120 valence electrons. The number of piperidine rings is 1. The van der Waals surface area contributed by atoms with Crippen LogP contribution in [-0.4, -0.2) is 53.9 Å². The van der Waals surface area contributed by atoms with Gasteiger partial charge in [0.25, 0.3) is 5.91 Å². The maximum Gasteiger partial charge on any atom is 0.255 e. The standard InChI is InChI=1S/C16H23N3O3/c1-12(2)18-14-9-13(10-17-11-14)15(20)19-5-3-16(4-6-19)21-7-8-22-16/h9-12,18H,3-8H2,1-2H3. The normalized spacial score (nSPS) is 20.6. The molecule has 1 spiro atoms. The van der Waals surface area contributed by atoms with E-state index in [0.717, 1.165) is 18.5 Å². The zero-order valence-corrected chi connectivity index (χ0v) is 13.2. The van der Waals surface area contributed by atoms with E-state index in [2.05, 4.69) is 24.1 Å². The summed E-state index contributed by atoms with van der Waals surface area (Å²) in [5, 5.41) is 3.27. The van der Waals surface area contributed by atoms with Gasteiger partial charge in [-0.3, -0.25) is 9.78 Å². The highest BCUT2D eigenvalue weighted by Gasteiger charge is 2.40. The second kappa shape index (κ2) is 6.22. The van der Waals surface area contributed by atoms with Gasteiger partial charge in [0.15, 0.2) is 5.79 Å². The summed E-state index contributed by atoms with van der Waals surface area (Å²) < 4.78 is 11.4. The molecule has 6 nitrogen and oxygen atoms in total. The van der Waals surface area contributed by atoms with Crippen LogP contribution < -0.4 is 5.32 Å². The molecule has 0 bridgehead atoms. The maximum absolute atomic E-state index is 12.6. The third kappa shape index (κ3) is 3.23. The first-order chi connectivity index (χ1) is 10.6. The van der Waals surface area contributed by atoms with E-state index in [4.69, 9.17) is 9.47 Å². The van der Waals surface area contributed by atoms with Crippen LogP contribution in [0.4, 0.5) is 5.69 Å². The molecule has 3 rings (SSSR count). The first-order valence-corrected chi connectivity index (χ1v) is 7.87. The van der Waals surface area contributed by atoms with Crippen molar-refractivity contribution in [1.82, 2.24) is 9.88 Å². The predicted octanol–water partition coefficient (Wildman–Crippen LogP) is 1.88. The van der Waals surface area contributed by atoms with Gasteiger partial charge in [0.05, 0.1) is 24.5 Å². The molecule has 0 aliphatic carbocycles. The van der Waals surface area contributed by atoms with Gasteiger partial charge in [-0.1, -0.05) is 0 Å². The lowest BCUT2D eigenvalue weighted by Gasteiger charge is -2.37. The Balaban J connectivity index is 1.64. The number of pyridine rings is 1. The van der Waals surface area contributed by atoms with Crippen LogP contribution in [0.15, 0.2) is 18.5 Å². The third-order valence-corrected chi connectivity index (χ3v) is 4.07. The topological polar surface area (TPSA) is 63.7 Å². The largest absolute Gasteiger partial charge is 0.382 e. The van der Waals surface area contributed by atoms with Crippen LogP contribution in [0.5, 0.6) is 0 Å². The summed E-state index contributed by atoms with van der Waals surface area (Å²) in [4.78, 5) is 18.6. The molecule has 2 saturated heterocycles. The smallest absolute Gasteiger partial charge is 0.255 e. The molecule has 0 aromatic carbocycles. The highest BCUT2D eigenvalue weighted by atomic mass is 16.7. The average Bonchev–Trinajstić information content (AvgIpc) is 2.95. The summed E-state index contributed by atoms with van der Waals surface area (Å²) >= 11 is 0. The number of aromatic nitrogens is 1. The van der Waals surface area contributed by atoms with Crippen molar-refractivity contribution < 1.29 is 14.3 Å². The van der Waals surface area contributed by atoms with Gasteiger partial charge in [-0.05, 0) is 19.9 Å². The molecular weight excluding hydrogens is 282 g/mol. The van der Waals surface area contributed by atoms with Crippen LogP contribution in [0.3, 0.4) is 0 Å². The molecule has 22 heavy (non-hydrogen) atoms. The van der Waals surface area contributed by atoms with E-state index in [1.165, 1.54) is 0 Å². The SMILES string of the molecule is CC(C)Nc1cncc(C(=O)N2CCC3(CC2)OCCO3)c1. The fourth-order valence-corrected chi connectivity index (χ4v) is 2.99. The summed E-state index contributed by atoms with van der Waals surface area (Å²) in [6.45, 7) is 6.73. The molecule has 3 heterocycles. The maximum atomic E-state index is 12.6. The third-order valence-electron chi connectivity index (χ3n) is 4.07. The molecule has 0 atom stereocenters. The Hall–Kier alpha value is -1.66. The molecular formula is C16H23N3O3. The van der Waals surface area contributed by atoms with Crippen LogP contribution in [0.25, 0.3) is 0 Å². The van der Waals surface area contributed by atoms with E-state index in [1.807, 2.05) is 11.0 Å². The number of carbonyl (C=O) groups excluding carboxylic acids is 1. The van der Waals surface area contributed by atoms with Crippen molar-refractivity contribution in [3.63, 3.8) is 0 Å². The van der Waals surface area contributed by atoms with Crippen molar-refractivity contribution in [2.24, 2.45) is 0 Å². The monoisotopic (exact) mass is 305 g/mol. The number of hydrogen-bond donors (Lipinski definition) is 1. The lowest BCUT2D eigenvalue weighted by molar-refractivity contribution is -0.181. The Morgan fingerprint density at radius 3 is 2.59 bits per heavy atom. The Labute approximate surface area is 130 Å². The molecule has 2 fully saturated rings. The number of rotatable bonds is 3. The number of carbonyl (C=O) groups is 1. The van der Waals surface area contributed by atoms with Crippen molar-refractivity contribution in [3.05, 3.63) is 24.0 Å². The van der Waals surface area contributed by atoms with E-state index in [-0.39, 0.29) is 5.91 Å². The summed E-state index contributed by atoms with van der Waals surface area (Å²) in [6, 6.07) is 2.17. The molecule has 0 saturated carbocycles. The van der Waals surface area contributed by atoms with Gasteiger partial charge in [-0.2, -0.15) is 0 Å². The number of nitrogens with zero attached hydrogens (tertiary/aromatic N) is 2. The van der Waals surface area contributed by atoms with E-state index >= 15 is 0 Å². The van der Waals surface area contributed by atoms with Gasteiger partial charge in [0.2, 0.25) is 0 Å². The number of hydrogen-bond acceptors (Lipinski definition) is 5. The zero-order chi connectivity index (χ0) is 15.6. The number of anilines is 1. The van der Waals surface area contributed by atoms with Gasteiger partial charge in [0, 0.05) is 44.4 Å². The number of ether oxygens (including phenoxy) is 2. The first-order valence-electron chi connectivity index (χ1n) is 7.87. The van der Waals surface area contributed by atoms with Gasteiger partial charge in [-0.15, -0.1) is 0 Å². The summed E-state index contributed by atoms with van der Waals surface area (Å²) in [5.41, 5.74) is 1.49. The highest BCUT2D eigenvalue weighted by Crippen LogP contribution is 2.31. The number of nitrogens with one attached hydrogen (secondary N) is 1. The minimum absolute atomic E-state index is 0.0211. The van der Waals surface area contributed by atoms with Crippen LogP contribution in [0.2, 0.25) is 0 Å². The molecule has 2 aliphatic heterocycles. The average molecular weight is 305 g/mol. The minimum atomic E-state index is -0.448. The molecule has 0 radical (unpaired) electrons. The molecule has 0 unspecified atom stereocenters. The minimum Gasteiger partial charge on any atom is -0.382 e. The molecule has 1 aromatic rings. The van der Waals surface area contributed by atoms with Gasteiger partial charge >= 0.3 is 0 Å². The van der Waals surface area contributed by atoms with E-state index in [0.29, 0.717) is 37.9 Å². The van der Waals surface area contributed by atoms with Crippen molar-refractivity contribution in [2.75, 3.05) is 31.6 Å². The molecule has 1 amide bonds. The van der Waals surface area contributed by atoms with Crippen molar-refractivity contribution >= 4 is 11.6 Å². The second-order valence-electron chi connectivity index (χ2n) is 6.16. The van der Waals surface area contributed by atoms with Gasteiger partial charge in [-0.25, -0.2) is 0 Å². The van der Waals surface area contributed by atoms with Gasteiger partial charge in [0.1, 0.15) is 0 Å². The van der Waals surface area contributed by atoms with E-state index in [9.17, 15) is 4.79 Å². The quantitative estimate of drug-likeness (QED) is 0.924. The Morgan fingerprint density at radius 2 is 1.95 bits per heavy atom. The van der Waals surface area contributed by atoms with Crippen LogP contribution in [-0.2, 0) is 9.47 Å². The first kappa shape index (κ1) is 15.2. The Bertz CT molecular complexity index is 531. The van der Waals surface area contributed by atoms with Crippen LogP contribution in [0, 0.1) is 0 Å². The molecule has 1 aromatic heterocycles. The second-order valence-corrected chi connectivity index (χ2v) is 6.16. The fourth-order valence-electron chi connectivity index (χ4n) is 2.99. The summed E-state index contributed by atoms with van der Waals surface area (Å²) in [5.74, 6) is -0.427. The molecule has 6 heteroatoms. The Morgan fingerprint density at radius 1 is 1.27 bits per heavy atom. The zero-order valence-electron chi connectivity index (χ0n) is 13.2. The lowest BCUT2D eigenvalue weighted by atomic mass is 10.0. The Kier molecular flexibility index (Phi) is 4.31. The van der Waals surface area contributed by atoms with Crippen molar-refractivity contribution in [3.8, 4) is 0 Å². The summed E-state index contributed by atoms with van der Waals surface area (Å²) in [7, 11) is 0. The number of likely N-dealkylation sites (tertiary alicyclic amines) is 1. The van der Waals surface area contributed by atoms with Gasteiger partial charge < -0.3 is 19.7 Å². The lowest BCUT2D eigenvalue weighted by Crippen LogP contribution is -2.47. The van der Waals surface area contributed by atoms with Crippen LogP contribution >= 0.6 is 0 Å². The molecule has 1 N–H and O–H groups in total. The molecule has 2 aliphatic rings. The number of amides is 1.